The molecule has 6 nitrogen and oxygen atoms in total. The fourth-order valence-corrected chi connectivity index (χ4v) is 2.93. The Morgan fingerprint density at radius 2 is 1.87 bits per heavy atom. The van der Waals surface area contributed by atoms with Gasteiger partial charge in [0.25, 0.3) is 5.91 Å². The number of ether oxygens (including phenoxy) is 1. The molecule has 1 N–H and O–H groups in total. The third kappa shape index (κ3) is 5.18. The number of aromatic nitrogens is 2. The van der Waals surface area contributed by atoms with Crippen LogP contribution in [-0.4, -0.2) is 21.8 Å². The van der Waals surface area contributed by atoms with Crippen LogP contribution in [0.15, 0.2) is 59.4 Å². The fraction of sp³-hybridized carbons (Fsp3) is 0.261. The highest BCUT2D eigenvalue weighted by atomic mass is 19.1. The number of para-hydroxylation sites is 1. The quantitative estimate of drug-likeness (QED) is 0.648. The molecule has 0 aliphatic carbocycles. The van der Waals surface area contributed by atoms with Crippen molar-refractivity contribution >= 4 is 5.91 Å². The Balaban J connectivity index is 1.78. The van der Waals surface area contributed by atoms with Gasteiger partial charge < -0.3 is 10.1 Å². The maximum Gasteiger partial charge on any atom is 0.276 e. The molecule has 0 saturated carbocycles. The monoisotopic (exact) mass is 409 g/mol. The van der Waals surface area contributed by atoms with Crippen LogP contribution in [0.1, 0.15) is 41.2 Å². The van der Waals surface area contributed by atoms with Crippen molar-refractivity contribution < 1.29 is 13.9 Å². The van der Waals surface area contributed by atoms with Crippen molar-refractivity contribution in [2.24, 2.45) is 0 Å². The molecule has 0 unspecified atom stereocenters. The largest absolute Gasteiger partial charge is 0.374 e. The summed E-state index contributed by atoms with van der Waals surface area (Å²) in [6, 6.07) is 15.0. The van der Waals surface area contributed by atoms with Gasteiger partial charge in [0.1, 0.15) is 11.5 Å². The van der Waals surface area contributed by atoms with Gasteiger partial charge in [-0.25, -0.2) is 9.07 Å². The summed E-state index contributed by atoms with van der Waals surface area (Å²) in [5, 5.41) is 6.83. The van der Waals surface area contributed by atoms with Crippen molar-refractivity contribution in [1.82, 2.24) is 15.1 Å². The molecular weight excluding hydrogens is 385 g/mol. The number of aryl methyl sites for hydroxylation is 1. The topological polar surface area (TPSA) is 73.2 Å². The molecule has 0 saturated heterocycles. The highest BCUT2D eigenvalue weighted by molar-refractivity contribution is 5.92. The number of carbonyl (C=O) groups is 1. The number of halogens is 1. The summed E-state index contributed by atoms with van der Waals surface area (Å²) >= 11 is 0. The van der Waals surface area contributed by atoms with Gasteiger partial charge in [-0.15, -0.1) is 0 Å². The highest BCUT2D eigenvalue weighted by Crippen LogP contribution is 2.13. The van der Waals surface area contributed by atoms with Crippen molar-refractivity contribution in [2.45, 2.75) is 40.0 Å². The predicted molar refractivity (Wildman–Crippen MR) is 112 cm³/mol. The summed E-state index contributed by atoms with van der Waals surface area (Å²) in [4.78, 5) is 24.9. The summed E-state index contributed by atoms with van der Waals surface area (Å²) in [5.41, 5.74) is 1.65. The molecule has 1 amide bonds. The Labute approximate surface area is 174 Å². The molecule has 3 aromatic rings. The summed E-state index contributed by atoms with van der Waals surface area (Å²) in [6.45, 7) is 6.27. The Hall–Kier alpha value is -3.32. The van der Waals surface area contributed by atoms with E-state index in [1.807, 2.05) is 38.1 Å². The Bertz CT molecular complexity index is 1110. The summed E-state index contributed by atoms with van der Waals surface area (Å²) in [7, 11) is 0. The second kappa shape index (κ2) is 9.45. The van der Waals surface area contributed by atoms with Gasteiger partial charge in [-0.1, -0.05) is 36.4 Å². The maximum absolute atomic E-state index is 14.2. The first-order valence-electron chi connectivity index (χ1n) is 9.68. The fourth-order valence-electron chi connectivity index (χ4n) is 2.93. The molecular formula is C23H24FN3O3. The van der Waals surface area contributed by atoms with Gasteiger partial charge in [0.15, 0.2) is 5.69 Å². The molecule has 0 aliphatic heterocycles. The van der Waals surface area contributed by atoms with Crippen molar-refractivity contribution in [3.8, 4) is 5.69 Å². The van der Waals surface area contributed by atoms with Gasteiger partial charge in [0.2, 0.25) is 5.43 Å². The predicted octanol–water partition coefficient (Wildman–Crippen LogP) is 3.54. The molecule has 2 aromatic carbocycles. The average Bonchev–Trinajstić information content (AvgIpc) is 2.72. The lowest BCUT2D eigenvalue weighted by molar-refractivity contribution is 0.0657. The molecule has 0 bridgehead atoms. The van der Waals surface area contributed by atoms with Crippen molar-refractivity contribution in [1.29, 1.82) is 0 Å². The van der Waals surface area contributed by atoms with E-state index in [0.29, 0.717) is 12.3 Å². The van der Waals surface area contributed by atoms with Crippen LogP contribution < -0.4 is 10.7 Å². The number of benzene rings is 2. The van der Waals surface area contributed by atoms with Crippen LogP contribution in [0.5, 0.6) is 0 Å². The van der Waals surface area contributed by atoms with E-state index in [4.69, 9.17) is 4.74 Å². The van der Waals surface area contributed by atoms with Crippen LogP contribution in [-0.2, 0) is 17.9 Å². The summed E-state index contributed by atoms with van der Waals surface area (Å²) in [5.74, 6) is -1.11. The Morgan fingerprint density at radius 1 is 1.13 bits per heavy atom. The number of hydrogen-bond donors (Lipinski definition) is 1. The zero-order valence-electron chi connectivity index (χ0n) is 17.2. The van der Waals surface area contributed by atoms with E-state index < -0.39 is 17.2 Å². The number of hydrogen-bond acceptors (Lipinski definition) is 4. The SMILES string of the molecule is Cc1cc(=O)c(C(=O)NCc2cccc(COC(C)C)c2)nn1-c1ccccc1F. The minimum Gasteiger partial charge on any atom is -0.374 e. The zero-order valence-corrected chi connectivity index (χ0v) is 17.2. The van der Waals surface area contributed by atoms with Crippen molar-refractivity contribution in [3.63, 3.8) is 0 Å². The van der Waals surface area contributed by atoms with Crippen LogP contribution in [0.4, 0.5) is 4.39 Å². The first kappa shape index (κ1) is 21.4. The zero-order chi connectivity index (χ0) is 21.7. The molecule has 0 radical (unpaired) electrons. The second-order valence-corrected chi connectivity index (χ2v) is 7.22. The molecule has 30 heavy (non-hydrogen) atoms. The van der Waals surface area contributed by atoms with E-state index in [9.17, 15) is 14.0 Å². The molecule has 1 aromatic heterocycles. The summed E-state index contributed by atoms with van der Waals surface area (Å²) < 4.78 is 21.0. The van der Waals surface area contributed by atoms with E-state index in [1.54, 1.807) is 19.1 Å². The molecule has 0 aliphatic rings. The maximum atomic E-state index is 14.2. The average molecular weight is 409 g/mol. The Kier molecular flexibility index (Phi) is 6.74. The van der Waals surface area contributed by atoms with E-state index in [2.05, 4.69) is 10.4 Å². The van der Waals surface area contributed by atoms with Crippen LogP contribution in [0, 0.1) is 12.7 Å². The molecule has 0 atom stereocenters. The molecule has 0 spiro atoms. The lowest BCUT2D eigenvalue weighted by atomic mass is 10.1. The molecule has 0 fully saturated rings. The van der Waals surface area contributed by atoms with E-state index in [1.165, 1.54) is 22.9 Å². The lowest BCUT2D eigenvalue weighted by Crippen LogP contribution is -2.31. The van der Waals surface area contributed by atoms with Crippen LogP contribution >= 0.6 is 0 Å². The first-order chi connectivity index (χ1) is 14.3. The van der Waals surface area contributed by atoms with E-state index >= 15 is 0 Å². The van der Waals surface area contributed by atoms with Gasteiger partial charge in [0, 0.05) is 18.3 Å². The number of nitrogens with zero attached hydrogens (tertiary/aromatic N) is 2. The van der Waals surface area contributed by atoms with Crippen molar-refractivity contribution in [2.75, 3.05) is 0 Å². The molecule has 156 valence electrons. The smallest absolute Gasteiger partial charge is 0.276 e. The van der Waals surface area contributed by atoms with Gasteiger partial charge in [-0.05, 0) is 44.0 Å². The van der Waals surface area contributed by atoms with Crippen LogP contribution in [0.25, 0.3) is 5.69 Å². The van der Waals surface area contributed by atoms with Gasteiger partial charge in [-0.2, -0.15) is 5.10 Å². The van der Waals surface area contributed by atoms with Gasteiger partial charge in [0.05, 0.1) is 12.7 Å². The van der Waals surface area contributed by atoms with Gasteiger partial charge in [-0.3, -0.25) is 9.59 Å². The van der Waals surface area contributed by atoms with Gasteiger partial charge >= 0.3 is 0 Å². The van der Waals surface area contributed by atoms with Crippen molar-refractivity contribution in [3.05, 3.63) is 93.2 Å². The number of rotatable bonds is 7. The molecule has 7 heteroatoms. The third-order valence-corrected chi connectivity index (χ3v) is 4.43. The van der Waals surface area contributed by atoms with Crippen LogP contribution in [0.2, 0.25) is 0 Å². The second-order valence-electron chi connectivity index (χ2n) is 7.22. The minimum atomic E-state index is -0.617. The van der Waals surface area contributed by atoms with E-state index in [0.717, 1.165) is 11.1 Å². The molecule has 1 heterocycles. The number of nitrogens with one attached hydrogen (secondary N) is 1. The molecule has 3 rings (SSSR count). The Morgan fingerprint density at radius 3 is 2.60 bits per heavy atom. The standard InChI is InChI=1S/C23H24FN3O3/c1-15(2)30-14-18-8-6-7-17(12-18)13-25-23(29)22-21(28)11-16(3)27(26-22)20-10-5-4-9-19(20)24/h4-12,15H,13-14H2,1-3H3,(H,25,29). The number of amides is 1. The van der Waals surface area contributed by atoms with E-state index in [-0.39, 0.29) is 24.0 Å². The van der Waals surface area contributed by atoms with Crippen LogP contribution in [0.3, 0.4) is 0 Å². The lowest BCUT2D eigenvalue weighted by Gasteiger charge is -2.12. The minimum absolute atomic E-state index is 0.123. The highest BCUT2D eigenvalue weighted by Gasteiger charge is 2.16. The normalized spacial score (nSPS) is 11.0. The third-order valence-electron chi connectivity index (χ3n) is 4.43. The first-order valence-corrected chi connectivity index (χ1v) is 9.68. The summed E-state index contributed by atoms with van der Waals surface area (Å²) in [6.07, 6.45) is 0.123. The number of carbonyl (C=O) groups excluding carboxylic acids is 1.